The van der Waals surface area contributed by atoms with Crippen LogP contribution in [-0.2, 0) is 6.54 Å². The molecule has 102 valence electrons. The Morgan fingerprint density at radius 2 is 2.10 bits per heavy atom. The predicted octanol–water partition coefficient (Wildman–Crippen LogP) is 2.43. The number of hydrogen-bond donors (Lipinski definition) is 2. The Kier molecular flexibility index (Phi) is 2.98. The fraction of sp³-hybridized carbons (Fsp3) is 0.214. The number of aromatic nitrogens is 3. The maximum Gasteiger partial charge on any atom is 0.223 e. The van der Waals surface area contributed by atoms with E-state index in [1.165, 1.54) is 0 Å². The molecule has 0 amide bonds. The molecule has 0 saturated carbocycles. The summed E-state index contributed by atoms with van der Waals surface area (Å²) in [5.41, 5.74) is 8.61. The lowest BCUT2D eigenvalue weighted by Crippen LogP contribution is -2.03. The Balaban J connectivity index is 1.95. The van der Waals surface area contributed by atoms with Crippen LogP contribution in [-0.4, -0.2) is 15.1 Å². The minimum atomic E-state index is 0.498. The molecule has 0 atom stereocenters. The van der Waals surface area contributed by atoms with Gasteiger partial charge in [0, 0.05) is 41.0 Å². The number of nitrogens with one attached hydrogen (secondary N) is 1. The van der Waals surface area contributed by atoms with Gasteiger partial charge < -0.3 is 15.6 Å². The maximum absolute atomic E-state index is 5.98. The first-order valence-corrected chi connectivity index (χ1v) is 6.31. The van der Waals surface area contributed by atoms with Gasteiger partial charge in [-0.1, -0.05) is 5.16 Å². The van der Waals surface area contributed by atoms with Crippen molar-refractivity contribution in [2.45, 2.75) is 20.4 Å². The van der Waals surface area contributed by atoms with Crippen LogP contribution in [0.4, 0.5) is 11.4 Å². The fourth-order valence-electron chi connectivity index (χ4n) is 2.11. The summed E-state index contributed by atoms with van der Waals surface area (Å²) in [6.07, 6.45) is 1.80. The lowest BCUT2D eigenvalue weighted by molar-refractivity contribution is 0.388. The summed E-state index contributed by atoms with van der Waals surface area (Å²) in [7, 11) is 0. The summed E-state index contributed by atoms with van der Waals surface area (Å²) in [4.78, 5) is 8.45. The van der Waals surface area contributed by atoms with Gasteiger partial charge in [-0.15, -0.1) is 0 Å². The second-order valence-electron chi connectivity index (χ2n) is 4.66. The number of rotatable bonds is 3. The lowest BCUT2D eigenvalue weighted by atomic mass is 10.1. The number of nitrogen functional groups attached to an aromatic ring is 1. The highest BCUT2D eigenvalue weighted by atomic mass is 16.5. The van der Waals surface area contributed by atoms with E-state index < -0.39 is 0 Å². The highest BCUT2D eigenvalue weighted by Crippen LogP contribution is 2.28. The van der Waals surface area contributed by atoms with E-state index in [1.54, 1.807) is 13.1 Å². The monoisotopic (exact) mass is 269 g/mol. The molecule has 3 N–H and O–H groups in total. The zero-order valence-corrected chi connectivity index (χ0v) is 11.3. The molecule has 0 radical (unpaired) electrons. The molecule has 0 saturated heterocycles. The molecule has 0 aliphatic rings. The van der Waals surface area contributed by atoms with Crippen molar-refractivity contribution in [1.29, 1.82) is 0 Å². The Labute approximate surface area is 116 Å². The largest absolute Gasteiger partial charge is 0.398 e. The number of benzene rings is 1. The van der Waals surface area contributed by atoms with Crippen LogP contribution in [0, 0.1) is 13.8 Å². The molecule has 0 aliphatic carbocycles. The Morgan fingerprint density at radius 3 is 2.85 bits per heavy atom. The van der Waals surface area contributed by atoms with Gasteiger partial charge in [0.15, 0.2) is 5.82 Å². The van der Waals surface area contributed by atoms with E-state index in [9.17, 15) is 0 Å². The summed E-state index contributed by atoms with van der Waals surface area (Å²) in [5.74, 6) is 1.18. The van der Waals surface area contributed by atoms with Gasteiger partial charge in [0.2, 0.25) is 5.89 Å². The number of nitrogens with zero attached hydrogens (tertiary/aromatic N) is 3. The second-order valence-corrected chi connectivity index (χ2v) is 4.66. The predicted molar refractivity (Wildman–Crippen MR) is 77.3 cm³/mol. The maximum atomic E-state index is 5.98. The van der Waals surface area contributed by atoms with Crippen LogP contribution in [0.15, 0.2) is 28.9 Å². The van der Waals surface area contributed by atoms with E-state index >= 15 is 0 Å². The van der Waals surface area contributed by atoms with Gasteiger partial charge in [-0.25, -0.2) is 0 Å². The van der Waals surface area contributed by atoms with Crippen molar-refractivity contribution >= 4 is 22.1 Å². The third kappa shape index (κ3) is 2.27. The molecule has 0 unspecified atom stereocenters. The lowest BCUT2D eigenvalue weighted by Gasteiger charge is -2.10. The fourth-order valence-corrected chi connectivity index (χ4v) is 2.11. The normalized spacial score (nSPS) is 10.9. The van der Waals surface area contributed by atoms with Crippen molar-refractivity contribution in [3.63, 3.8) is 0 Å². The van der Waals surface area contributed by atoms with Crippen LogP contribution < -0.4 is 11.1 Å². The van der Waals surface area contributed by atoms with Crippen LogP contribution in [0.2, 0.25) is 0 Å². The minimum absolute atomic E-state index is 0.498. The van der Waals surface area contributed by atoms with Crippen LogP contribution in [0.1, 0.15) is 17.4 Å². The SMILES string of the molecule is Cc1cc2c(NCc3noc(C)n3)ccc(N)c2cn1. The molecule has 0 fully saturated rings. The molecular weight excluding hydrogens is 254 g/mol. The molecule has 0 spiro atoms. The first-order chi connectivity index (χ1) is 9.63. The second kappa shape index (κ2) is 4.80. The Bertz CT molecular complexity index is 765. The van der Waals surface area contributed by atoms with E-state index in [2.05, 4.69) is 20.4 Å². The van der Waals surface area contributed by atoms with Crippen LogP contribution in [0.5, 0.6) is 0 Å². The summed E-state index contributed by atoms with van der Waals surface area (Å²) in [6, 6.07) is 5.82. The Morgan fingerprint density at radius 1 is 1.25 bits per heavy atom. The first kappa shape index (κ1) is 12.4. The van der Waals surface area contributed by atoms with Crippen molar-refractivity contribution in [2.75, 3.05) is 11.1 Å². The highest BCUT2D eigenvalue weighted by Gasteiger charge is 2.07. The standard InChI is InChI=1S/C14H15N5O/c1-8-5-10-11(6-16-8)12(15)3-4-13(10)17-7-14-18-9(2)20-19-14/h3-6,17H,7,15H2,1-2H3. The summed E-state index contributed by atoms with van der Waals surface area (Å²) >= 11 is 0. The molecule has 0 bridgehead atoms. The molecule has 6 nitrogen and oxygen atoms in total. The average molecular weight is 269 g/mol. The van der Waals surface area contributed by atoms with E-state index in [0.717, 1.165) is 22.2 Å². The van der Waals surface area contributed by atoms with Crippen LogP contribution in [0.3, 0.4) is 0 Å². The molecule has 20 heavy (non-hydrogen) atoms. The topological polar surface area (TPSA) is 89.9 Å². The van der Waals surface area contributed by atoms with Gasteiger partial charge in [-0.3, -0.25) is 4.98 Å². The quantitative estimate of drug-likeness (QED) is 0.710. The van der Waals surface area contributed by atoms with Crippen LogP contribution in [0.25, 0.3) is 10.8 Å². The molecule has 2 heterocycles. The Hall–Kier alpha value is -2.63. The minimum Gasteiger partial charge on any atom is -0.398 e. The first-order valence-electron chi connectivity index (χ1n) is 6.31. The van der Waals surface area contributed by atoms with Gasteiger partial charge in [0.25, 0.3) is 0 Å². The third-order valence-corrected chi connectivity index (χ3v) is 3.08. The summed E-state index contributed by atoms with van der Waals surface area (Å²) in [5, 5.41) is 9.14. The third-order valence-electron chi connectivity index (χ3n) is 3.08. The molecule has 2 aromatic heterocycles. The van der Waals surface area contributed by atoms with Gasteiger partial charge >= 0.3 is 0 Å². The van der Waals surface area contributed by atoms with Gasteiger partial charge in [-0.05, 0) is 25.1 Å². The van der Waals surface area contributed by atoms with Gasteiger partial charge in [0.1, 0.15) is 0 Å². The van der Waals surface area contributed by atoms with Crippen molar-refractivity contribution < 1.29 is 4.52 Å². The molecule has 3 rings (SSSR count). The van der Waals surface area contributed by atoms with Crippen molar-refractivity contribution in [1.82, 2.24) is 15.1 Å². The number of nitrogens with two attached hydrogens (primary N) is 1. The number of fused-ring (bicyclic) bond motifs is 1. The number of hydrogen-bond acceptors (Lipinski definition) is 6. The van der Waals surface area contributed by atoms with Crippen molar-refractivity contribution in [3.8, 4) is 0 Å². The number of pyridine rings is 1. The smallest absolute Gasteiger partial charge is 0.223 e. The molecular formula is C14H15N5O. The molecule has 1 aromatic carbocycles. The molecule has 6 heteroatoms. The highest BCUT2D eigenvalue weighted by molar-refractivity contribution is 6.00. The van der Waals surface area contributed by atoms with Gasteiger partial charge in [0.05, 0.1) is 6.54 Å². The van der Waals surface area contributed by atoms with E-state index in [-0.39, 0.29) is 0 Å². The number of aryl methyl sites for hydroxylation is 2. The molecule has 3 aromatic rings. The van der Waals surface area contributed by atoms with Crippen LogP contribution >= 0.6 is 0 Å². The number of anilines is 2. The summed E-state index contributed by atoms with van der Waals surface area (Å²) < 4.78 is 4.95. The van der Waals surface area contributed by atoms with E-state index in [1.807, 2.05) is 25.1 Å². The van der Waals surface area contributed by atoms with Crippen molar-refractivity contribution in [3.05, 3.63) is 41.8 Å². The average Bonchev–Trinajstić information content (AvgIpc) is 2.84. The molecule has 0 aliphatic heterocycles. The zero-order valence-electron chi connectivity index (χ0n) is 11.3. The van der Waals surface area contributed by atoms with E-state index in [4.69, 9.17) is 10.3 Å². The van der Waals surface area contributed by atoms with E-state index in [0.29, 0.717) is 23.9 Å². The zero-order chi connectivity index (χ0) is 14.1. The summed E-state index contributed by atoms with van der Waals surface area (Å²) in [6.45, 7) is 4.22. The van der Waals surface area contributed by atoms with Crippen molar-refractivity contribution in [2.24, 2.45) is 0 Å². The van der Waals surface area contributed by atoms with Gasteiger partial charge in [-0.2, -0.15) is 4.98 Å².